The van der Waals surface area contributed by atoms with Gasteiger partial charge in [-0.2, -0.15) is 0 Å². The normalized spacial score (nSPS) is 10.4. The lowest BCUT2D eigenvalue weighted by molar-refractivity contribution is 0.0977. The first-order chi connectivity index (χ1) is 10.6. The van der Waals surface area contributed by atoms with E-state index in [4.69, 9.17) is 12.2 Å². The van der Waals surface area contributed by atoms with E-state index in [1.165, 1.54) is 35.6 Å². The highest BCUT2D eigenvalue weighted by molar-refractivity contribution is 7.80. The van der Waals surface area contributed by atoms with Crippen LogP contribution < -0.4 is 10.6 Å². The highest BCUT2D eigenvalue weighted by Gasteiger charge is 2.10. The van der Waals surface area contributed by atoms with E-state index in [1.54, 1.807) is 0 Å². The molecule has 22 heavy (non-hydrogen) atoms. The van der Waals surface area contributed by atoms with Gasteiger partial charge in [0.25, 0.3) is 5.91 Å². The highest BCUT2D eigenvalue weighted by atomic mass is 32.1. The van der Waals surface area contributed by atoms with Gasteiger partial charge in [0.05, 0.1) is 10.2 Å². The Kier molecular flexibility index (Phi) is 4.08. The highest BCUT2D eigenvalue weighted by Crippen LogP contribution is 2.25. The molecule has 0 bridgehead atoms. The zero-order valence-corrected chi connectivity index (χ0v) is 12.8. The van der Waals surface area contributed by atoms with Crippen molar-refractivity contribution in [2.75, 3.05) is 5.32 Å². The summed E-state index contributed by atoms with van der Waals surface area (Å²) in [6.07, 6.45) is 0. The van der Waals surface area contributed by atoms with Gasteiger partial charge in [0.1, 0.15) is 5.82 Å². The smallest absolute Gasteiger partial charge is 0.257 e. The molecule has 1 heterocycles. The number of rotatable bonds is 2. The standard InChI is InChI=1S/C15H10FN3OS2/c16-10-7-5-9(6-8-10)13(20)18-14(21)19-15-17-11-3-1-2-4-12(11)22-15/h1-8H,(H2,17,18,19,20,21). The van der Waals surface area contributed by atoms with Crippen molar-refractivity contribution < 1.29 is 9.18 Å². The van der Waals surface area contributed by atoms with Crippen molar-refractivity contribution in [3.8, 4) is 0 Å². The Morgan fingerprint density at radius 2 is 1.86 bits per heavy atom. The van der Waals surface area contributed by atoms with E-state index in [9.17, 15) is 9.18 Å². The average Bonchev–Trinajstić information content (AvgIpc) is 2.89. The third-order valence-corrected chi connectivity index (χ3v) is 4.00. The third-order valence-electron chi connectivity index (χ3n) is 2.85. The fourth-order valence-corrected chi connectivity index (χ4v) is 2.95. The second kappa shape index (κ2) is 6.17. The molecule has 0 atom stereocenters. The molecule has 0 radical (unpaired) electrons. The van der Waals surface area contributed by atoms with Crippen LogP contribution in [0.5, 0.6) is 0 Å². The van der Waals surface area contributed by atoms with Crippen LogP contribution in [0.2, 0.25) is 0 Å². The number of anilines is 1. The van der Waals surface area contributed by atoms with Gasteiger partial charge in [-0.05, 0) is 48.6 Å². The first-order valence-corrected chi connectivity index (χ1v) is 7.58. The van der Waals surface area contributed by atoms with Gasteiger partial charge in [0.15, 0.2) is 10.2 Å². The first kappa shape index (κ1) is 14.6. The number of nitrogens with zero attached hydrogens (tertiary/aromatic N) is 1. The molecule has 0 spiro atoms. The first-order valence-electron chi connectivity index (χ1n) is 6.35. The summed E-state index contributed by atoms with van der Waals surface area (Å²) < 4.78 is 13.9. The van der Waals surface area contributed by atoms with Gasteiger partial charge in [-0.25, -0.2) is 9.37 Å². The van der Waals surface area contributed by atoms with E-state index in [0.29, 0.717) is 10.7 Å². The summed E-state index contributed by atoms with van der Waals surface area (Å²) in [6, 6.07) is 12.9. The molecule has 0 saturated heterocycles. The van der Waals surface area contributed by atoms with Crippen LogP contribution in [0, 0.1) is 5.82 Å². The van der Waals surface area contributed by atoms with Gasteiger partial charge in [0.2, 0.25) is 0 Å². The SMILES string of the molecule is O=C(NC(=S)Nc1nc2ccccc2s1)c1ccc(F)cc1. The number of thiazole rings is 1. The van der Waals surface area contributed by atoms with Crippen molar-refractivity contribution in [1.82, 2.24) is 10.3 Å². The molecular weight excluding hydrogens is 321 g/mol. The maximum absolute atomic E-state index is 12.8. The number of halogens is 1. The molecule has 1 aromatic heterocycles. The predicted octanol–water partition coefficient (Wildman–Crippen LogP) is 3.56. The van der Waals surface area contributed by atoms with E-state index in [0.717, 1.165) is 10.2 Å². The van der Waals surface area contributed by atoms with E-state index < -0.39 is 11.7 Å². The minimum atomic E-state index is -0.404. The number of nitrogens with one attached hydrogen (secondary N) is 2. The van der Waals surface area contributed by atoms with Gasteiger partial charge < -0.3 is 5.32 Å². The van der Waals surface area contributed by atoms with Crippen LogP contribution in [0.15, 0.2) is 48.5 Å². The molecule has 0 saturated carbocycles. The van der Waals surface area contributed by atoms with E-state index in [2.05, 4.69) is 15.6 Å². The lowest BCUT2D eigenvalue weighted by atomic mass is 10.2. The van der Waals surface area contributed by atoms with Crippen molar-refractivity contribution in [2.24, 2.45) is 0 Å². The second-order valence-corrected chi connectivity index (χ2v) is 5.84. The number of carbonyl (C=O) groups excluding carboxylic acids is 1. The van der Waals surface area contributed by atoms with Gasteiger partial charge in [-0.3, -0.25) is 10.1 Å². The number of thiocarbonyl (C=S) groups is 1. The van der Waals surface area contributed by atoms with Gasteiger partial charge in [0, 0.05) is 5.56 Å². The van der Waals surface area contributed by atoms with Crippen LogP contribution in [0.25, 0.3) is 10.2 Å². The average molecular weight is 331 g/mol. The number of amides is 1. The second-order valence-electron chi connectivity index (χ2n) is 4.40. The molecule has 2 aromatic carbocycles. The Morgan fingerprint density at radius 3 is 2.59 bits per heavy atom. The Balaban J connectivity index is 1.66. The molecule has 110 valence electrons. The largest absolute Gasteiger partial charge is 0.308 e. The molecule has 4 nitrogen and oxygen atoms in total. The van der Waals surface area contributed by atoms with E-state index in [1.807, 2.05) is 24.3 Å². The number of hydrogen-bond donors (Lipinski definition) is 2. The Hall–Kier alpha value is -2.38. The molecule has 7 heteroatoms. The van der Waals surface area contributed by atoms with Crippen molar-refractivity contribution in [3.05, 3.63) is 59.9 Å². The number of hydrogen-bond acceptors (Lipinski definition) is 4. The zero-order valence-electron chi connectivity index (χ0n) is 11.2. The van der Waals surface area contributed by atoms with Crippen molar-refractivity contribution in [1.29, 1.82) is 0 Å². The number of para-hydroxylation sites is 1. The minimum absolute atomic E-state index is 0.147. The Bertz CT molecular complexity index is 812. The molecule has 0 unspecified atom stereocenters. The fourth-order valence-electron chi connectivity index (χ4n) is 1.83. The van der Waals surface area contributed by atoms with Crippen molar-refractivity contribution in [3.63, 3.8) is 0 Å². The summed E-state index contributed by atoms with van der Waals surface area (Å²) in [5, 5.41) is 6.16. The number of fused-ring (bicyclic) bond motifs is 1. The molecule has 0 aliphatic heterocycles. The summed E-state index contributed by atoms with van der Waals surface area (Å²) in [4.78, 5) is 16.3. The predicted molar refractivity (Wildman–Crippen MR) is 89.7 cm³/mol. The van der Waals surface area contributed by atoms with Gasteiger partial charge in [-0.1, -0.05) is 23.5 Å². The van der Waals surface area contributed by atoms with Gasteiger partial charge >= 0.3 is 0 Å². The molecule has 0 aliphatic carbocycles. The van der Waals surface area contributed by atoms with Crippen LogP contribution >= 0.6 is 23.6 Å². The third kappa shape index (κ3) is 3.26. The van der Waals surface area contributed by atoms with E-state index in [-0.39, 0.29) is 5.11 Å². The van der Waals surface area contributed by atoms with Crippen LogP contribution in [0.1, 0.15) is 10.4 Å². The van der Waals surface area contributed by atoms with Crippen molar-refractivity contribution >= 4 is 49.9 Å². The monoisotopic (exact) mass is 331 g/mol. The molecule has 3 aromatic rings. The summed E-state index contributed by atoms with van der Waals surface area (Å²) in [5.74, 6) is -0.801. The summed E-state index contributed by atoms with van der Waals surface area (Å²) in [5.41, 5.74) is 1.19. The van der Waals surface area contributed by atoms with Crippen molar-refractivity contribution in [2.45, 2.75) is 0 Å². The van der Waals surface area contributed by atoms with Gasteiger partial charge in [-0.15, -0.1) is 0 Å². The number of benzene rings is 2. The number of aromatic nitrogens is 1. The molecule has 0 aliphatic rings. The molecule has 0 fully saturated rings. The summed E-state index contributed by atoms with van der Waals surface area (Å²) in [7, 11) is 0. The maximum Gasteiger partial charge on any atom is 0.257 e. The Morgan fingerprint density at radius 1 is 1.14 bits per heavy atom. The summed E-state index contributed by atoms with van der Waals surface area (Å²) >= 11 is 6.53. The molecule has 3 rings (SSSR count). The lowest BCUT2D eigenvalue weighted by Crippen LogP contribution is -2.34. The lowest BCUT2D eigenvalue weighted by Gasteiger charge is -2.06. The Labute approximate surface area is 135 Å². The fraction of sp³-hybridized carbons (Fsp3) is 0. The molecule has 1 amide bonds. The molecular formula is C15H10FN3OS2. The quantitative estimate of drug-likeness (QED) is 0.705. The maximum atomic E-state index is 12.8. The summed E-state index contributed by atoms with van der Waals surface area (Å²) in [6.45, 7) is 0. The number of carbonyl (C=O) groups is 1. The zero-order chi connectivity index (χ0) is 15.5. The van der Waals surface area contributed by atoms with Crippen LogP contribution in [0.3, 0.4) is 0 Å². The van der Waals surface area contributed by atoms with Crippen LogP contribution in [-0.4, -0.2) is 16.0 Å². The van der Waals surface area contributed by atoms with E-state index >= 15 is 0 Å². The van der Waals surface area contributed by atoms with Crippen LogP contribution in [-0.2, 0) is 0 Å². The molecule has 2 N–H and O–H groups in total. The topological polar surface area (TPSA) is 54.0 Å². The minimum Gasteiger partial charge on any atom is -0.308 e. The van der Waals surface area contributed by atoms with Crippen LogP contribution in [0.4, 0.5) is 9.52 Å².